The molecule has 0 saturated heterocycles. The van der Waals surface area contributed by atoms with Gasteiger partial charge in [0.25, 0.3) is 5.91 Å². The highest BCUT2D eigenvalue weighted by atomic mass is 35.5. The number of halogens is 2. The Labute approximate surface area is 143 Å². The number of aliphatic carboxylic acids is 1. The van der Waals surface area contributed by atoms with Gasteiger partial charge in [-0.1, -0.05) is 41.4 Å². The molecule has 2 aromatic rings. The normalized spacial score (nSPS) is 10.2. The van der Waals surface area contributed by atoms with Gasteiger partial charge in [-0.25, -0.2) is 0 Å². The van der Waals surface area contributed by atoms with Gasteiger partial charge in [0.05, 0.1) is 5.02 Å². The molecule has 0 aliphatic heterocycles. The fourth-order valence-corrected chi connectivity index (χ4v) is 2.34. The third-order valence-corrected chi connectivity index (χ3v) is 3.44. The summed E-state index contributed by atoms with van der Waals surface area (Å²) in [5.74, 6) is -1.32. The summed E-state index contributed by atoms with van der Waals surface area (Å²) < 4.78 is 5.36. The van der Waals surface area contributed by atoms with Crippen molar-refractivity contribution in [3.8, 4) is 5.75 Å². The zero-order valence-corrected chi connectivity index (χ0v) is 13.4. The van der Waals surface area contributed by atoms with Crippen LogP contribution >= 0.6 is 23.2 Å². The van der Waals surface area contributed by atoms with Crippen LogP contribution in [0.3, 0.4) is 0 Å². The van der Waals surface area contributed by atoms with Crippen molar-refractivity contribution in [2.75, 3.05) is 18.1 Å². The zero-order chi connectivity index (χ0) is 16.8. The molecule has 0 fully saturated rings. The number of ether oxygens (including phenoxy) is 1. The fourth-order valence-electron chi connectivity index (χ4n) is 1.88. The number of hydrogen-bond donors (Lipinski definition) is 1. The molecule has 2 aromatic carbocycles. The highest BCUT2D eigenvalue weighted by molar-refractivity contribution is 6.35. The van der Waals surface area contributed by atoms with E-state index in [2.05, 4.69) is 0 Å². The molecular weight excluding hydrogens is 341 g/mol. The highest BCUT2D eigenvalue weighted by Crippen LogP contribution is 2.27. The molecule has 0 aromatic heterocycles. The molecule has 0 unspecified atom stereocenters. The van der Waals surface area contributed by atoms with Gasteiger partial charge >= 0.3 is 5.97 Å². The van der Waals surface area contributed by atoms with Crippen LogP contribution in [0.2, 0.25) is 10.0 Å². The lowest BCUT2D eigenvalue weighted by Gasteiger charge is -2.21. The molecule has 1 amide bonds. The van der Waals surface area contributed by atoms with Gasteiger partial charge in [0.15, 0.2) is 6.61 Å². The number of hydrogen-bond acceptors (Lipinski definition) is 3. The second-order valence-electron chi connectivity index (χ2n) is 4.57. The van der Waals surface area contributed by atoms with E-state index >= 15 is 0 Å². The van der Waals surface area contributed by atoms with E-state index in [1.54, 1.807) is 42.5 Å². The van der Waals surface area contributed by atoms with Crippen molar-refractivity contribution in [3.05, 3.63) is 58.6 Å². The number of carboxylic acids is 1. The molecule has 0 heterocycles. The number of anilines is 1. The van der Waals surface area contributed by atoms with Gasteiger partial charge in [-0.2, -0.15) is 0 Å². The molecular formula is C16H13Cl2NO4. The summed E-state index contributed by atoms with van der Waals surface area (Å²) in [6.07, 6.45) is 0. The van der Waals surface area contributed by atoms with E-state index in [-0.39, 0.29) is 11.6 Å². The van der Waals surface area contributed by atoms with Crippen molar-refractivity contribution < 1.29 is 19.4 Å². The predicted molar refractivity (Wildman–Crippen MR) is 88.4 cm³/mol. The van der Waals surface area contributed by atoms with Crippen LogP contribution in [0, 0.1) is 0 Å². The van der Waals surface area contributed by atoms with Crippen LogP contribution in [0.25, 0.3) is 0 Å². The summed E-state index contributed by atoms with van der Waals surface area (Å²) >= 11 is 11.8. The molecule has 120 valence electrons. The predicted octanol–water partition coefficient (Wildman–Crippen LogP) is 3.49. The Morgan fingerprint density at radius 1 is 1.09 bits per heavy atom. The molecule has 0 bridgehead atoms. The van der Waals surface area contributed by atoms with Crippen LogP contribution in [-0.4, -0.2) is 30.1 Å². The molecule has 0 aliphatic carbocycles. The molecule has 0 aliphatic rings. The van der Waals surface area contributed by atoms with Crippen LogP contribution in [-0.2, 0) is 9.59 Å². The number of rotatable bonds is 6. The maximum absolute atomic E-state index is 12.3. The summed E-state index contributed by atoms with van der Waals surface area (Å²) in [6.45, 7) is -0.802. The summed E-state index contributed by atoms with van der Waals surface area (Å²) in [5.41, 5.74) is 0.478. The molecule has 1 N–H and O–H groups in total. The van der Waals surface area contributed by atoms with E-state index in [9.17, 15) is 9.59 Å². The lowest BCUT2D eigenvalue weighted by Crippen LogP contribution is -2.38. The number of carboxylic acid groups (broad SMARTS) is 1. The van der Waals surface area contributed by atoms with Crippen molar-refractivity contribution in [3.63, 3.8) is 0 Å². The summed E-state index contributed by atoms with van der Waals surface area (Å²) in [7, 11) is 0. The number of carbonyl (C=O) groups is 2. The third kappa shape index (κ3) is 4.87. The Morgan fingerprint density at radius 2 is 1.78 bits per heavy atom. The maximum Gasteiger partial charge on any atom is 0.323 e. The molecule has 7 heteroatoms. The number of para-hydroxylation sites is 1. The van der Waals surface area contributed by atoms with Gasteiger partial charge in [-0.05, 0) is 30.3 Å². The standard InChI is InChI=1S/C16H13Cl2NO4/c17-11-6-7-14(13(18)8-11)23-10-15(20)19(9-16(21)22)12-4-2-1-3-5-12/h1-8H,9-10H2,(H,21,22). The van der Waals surface area contributed by atoms with Gasteiger partial charge in [0.2, 0.25) is 0 Å². The Morgan fingerprint density at radius 3 is 2.39 bits per heavy atom. The van der Waals surface area contributed by atoms with Crippen LogP contribution in [0.1, 0.15) is 0 Å². The molecule has 5 nitrogen and oxygen atoms in total. The Balaban J connectivity index is 2.10. The maximum atomic E-state index is 12.3. The van der Waals surface area contributed by atoms with E-state index in [1.165, 1.54) is 6.07 Å². The van der Waals surface area contributed by atoms with Crippen molar-refractivity contribution in [2.45, 2.75) is 0 Å². The van der Waals surface area contributed by atoms with Gasteiger partial charge in [0, 0.05) is 10.7 Å². The first kappa shape index (κ1) is 17.1. The smallest absolute Gasteiger partial charge is 0.323 e. The van der Waals surface area contributed by atoms with Crippen molar-refractivity contribution in [2.24, 2.45) is 0 Å². The summed E-state index contributed by atoms with van der Waals surface area (Å²) in [6, 6.07) is 13.1. The second kappa shape index (κ2) is 7.85. The van der Waals surface area contributed by atoms with Crippen molar-refractivity contribution >= 4 is 40.8 Å². The molecule has 0 atom stereocenters. The van der Waals surface area contributed by atoms with Crippen LogP contribution < -0.4 is 9.64 Å². The Bertz CT molecular complexity index is 706. The van der Waals surface area contributed by atoms with E-state index in [4.69, 9.17) is 33.0 Å². The molecule has 0 saturated carbocycles. The lowest BCUT2D eigenvalue weighted by molar-refractivity contribution is -0.136. The first-order chi connectivity index (χ1) is 11.0. The van der Waals surface area contributed by atoms with E-state index in [0.29, 0.717) is 16.5 Å². The minimum Gasteiger partial charge on any atom is -0.482 e. The van der Waals surface area contributed by atoms with Crippen LogP contribution in [0.4, 0.5) is 5.69 Å². The number of amides is 1. The van der Waals surface area contributed by atoms with Crippen LogP contribution in [0.5, 0.6) is 5.75 Å². The van der Waals surface area contributed by atoms with E-state index < -0.39 is 18.4 Å². The Kier molecular flexibility index (Phi) is 5.84. The van der Waals surface area contributed by atoms with E-state index in [0.717, 1.165) is 4.90 Å². The zero-order valence-electron chi connectivity index (χ0n) is 11.9. The van der Waals surface area contributed by atoms with Crippen LogP contribution in [0.15, 0.2) is 48.5 Å². The largest absolute Gasteiger partial charge is 0.482 e. The lowest BCUT2D eigenvalue weighted by atomic mass is 10.3. The Hall–Kier alpha value is -2.24. The average molecular weight is 354 g/mol. The number of benzene rings is 2. The minimum atomic E-state index is -1.12. The fraction of sp³-hybridized carbons (Fsp3) is 0.125. The summed E-state index contributed by atoms with van der Waals surface area (Å²) in [4.78, 5) is 24.4. The van der Waals surface area contributed by atoms with Gasteiger partial charge in [0.1, 0.15) is 12.3 Å². The highest BCUT2D eigenvalue weighted by Gasteiger charge is 2.19. The topological polar surface area (TPSA) is 66.8 Å². The quantitative estimate of drug-likeness (QED) is 0.862. The minimum absolute atomic E-state index is 0.273. The van der Waals surface area contributed by atoms with Crippen molar-refractivity contribution in [1.82, 2.24) is 0 Å². The number of carbonyl (C=O) groups excluding carboxylic acids is 1. The van der Waals surface area contributed by atoms with Gasteiger partial charge in [-0.15, -0.1) is 0 Å². The third-order valence-electron chi connectivity index (χ3n) is 2.91. The monoisotopic (exact) mass is 353 g/mol. The molecule has 0 spiro atoms. The van der Waals surface area contributed by atoms with Gasteiger partial charge in [-0.3, -0.25) is 14.5 Å². The number of nitrogens with zero attached hydrogens (tertiary/aromatic N) is 1. The first-order valence-electron chi connectivity index (χ1n) is 6.62. The SMILES string of the molecule is O=C(O)CN(C(=O)COc1ccc(Cl)cc1Cl)c1ccccc1. The van der Waals surface area contributed by atoms with Crippen molar-refractivity contribution in [1.29, 1.82) is 0 Å². The molecule has 2 rings (SSSR count). The van der Waals surface area contributed by atoms with Gasteiger partial charge < -0.3 is 9.84 Å². The average Bonchev–Trinajstić information content (AvgIpc) is 2.52. The molecule has 23 heavy (non-hydrogen) atoms. The van der Waals surface area contributed by atoms with E-state index in [1.807, 2.05) is 0 Å². The molecule has 0 radical (unpaired) electrons. The summed E-state index contributed by atoms with van der Waals surface area (Å²) in [5, 5.41) is 9.71. The first-order valence-corrected chi connectivity index (χ1v) is 7.38. The second-order valence-corrected chi connectivity index (χ2v) is 5.42.